The molecule has 0 aliphatic carbocycles. The Balaban J connectivity index is 1.65. The normalized spacial score (nSPS) is 11.0. The predicted octanol–water partition coefficient (Wildman–Crippen LogP) is 2.59. The van der Waals surface area contributed by atoms with Gasteiger partial charge in [0, 0.05) is 4.88 Å². The van der Waals surface area contributed by atoms with Gasteiger partial charge in [-0.25, -0.2) is 4.98 Å². The van der Waals surface area contributed by atoms with Gasteiger partial charge in [-0.15, -0.1) is 11.3 Å². The summed E-state index contributed by atoms with van der Waals surface area (Å²) < 4.78 is 6.79. The van der Waals surface area contributed by atoms with E-state index in [0.29, 0.717) is 22.6 Å². The zero-order valence-electron chi connectivity index (χ0n) is 15.9. The first-order chi connectivity index (χ1) is 14.1. The molecule has 9 nitrogen and oxygen atoms in total. The predicted molar refractivity (Wildman–Crippen MR) is 113 cm³/mol. The van der Waals surface area contributed by atoms with Crippen LogP contribution in [0.5, 0.6) is 5.75 Å². The van der Waals surface area contributed by atoms with Crippen molar-refractivity contribution in [1.82, 2.24) is 24.5 Å². The lowest BCUT2D eigenvalue weighted by Gasteiger charge is -2.11. The van der Waals surface area contributed by atoms with Crippen LogP contribution < -0.4 is 21.3 Å². The minimum atomic E-state index is -0.135. The molecule has 0 amide bonds. The molecule has 3 heterocycles. The van der Waals surface area contributed by atoms with Crippen molar-refractivity contribution >= 4 is 39.1 Å². The Hall–Kier alpha value is -3.53. The number of rotatable bonds is 6. The number of fused-ring (bicyclic) bond motifs is 1. The van der Waals surface area contributed by atoms with Crippen LogP contribution in [0.1, 0.15) is 17.6 Å². The first kappa shape index (κ1) is 18.8. The Morgan fingerprint density at radius 1 is 1.24 bits per heavy atom. The Kier molecular flexibility index (Phi) is 5.09. The fraction of sp³-hybridized carbons (Fsp3) is 0.211. The molecule has 29 heavy (non-hydrogen) atoms. The highest BCUT2D eigenvalue weighted by Gasteiger charge is 2.12. The van der Waals surface area contributed by atoms with E-state index in [-0.39, 0.29) is 24.0 Å². The molecule has 0 spiro atoms. The standard InChI is InChI=1S/C19H19N7O2S/c1-3-11-8-12-16(29-11)21-10-26(17(12)27)9-15-23-18(20)25-19(24-15)22-13-6-4-5-7-14(13)28-2/h4-8,10H,3,9H2,1-2H3,(H3,20,22,23,24,25). The quantitative estimate of drug-likeness (QED) is 0.498. The number of nitrogen functional groups attached to an aromatic ring is 1. The molecule has 4 rings (SSSR count). The number of nitrogens with two attached hydrogens (primary N) is 1. The van der Waals surface area contributed by atoms with Gasteiger partial charge in [0.15, 0.2) is 5.82 Å². The minimum Gasteiger partial charge on any atom is -0.495 e. The molecule has 3 aromatic heterocycles. The van der Waals surface area contributed by atoms with Crippen molar-refractivity contribution in [3.63, 3.8) is 0 Å². The highest BCUT2D eigenvalue weighted by atomic mass is 32.1. The van der Waals surface area contributed by atoms with Gasteiger partial charge in [-0.1, -0.05) is 19.1 Å². The topological polar surface area (TPSA) is 121 Å². The second-order valence-electron chi connectivity index (χ2n) is 6.22. The summed E-state index contributed by atoms with van der Waals surface area (Å²) in [5.74, 6) is 1.31. The third kappa shape index (κ3) is 3.87. The summed E-state index contributed by atoms with van der Waals surface area (Å²) in [6.45, 7) is 2.18. The van der Waals surface area contributed by atoms with E-state index < -0.39 is 0 Å². The second-order valence-corrected chi connectivity index (χ2v) is 7.34. The fourth-order valence-corrected chi connectivity index (χ4v) is 3.81. The van der Waals surface area contributed by atoms with Gasteiger partial charge in [0.2, 0.25) is 11.9 Å². The zero-order valence-corrected chi connectivity index (χ0v) is 16.7. The third-order valence-corrected chi connectivity index (χ3v) is 5.47. The van der Waals surface area contributed by atoms with Crippen LogP contribution in [0.2, 0.25) is 0 Å². The van der Waals surface area contributed by atoms with Crippen molar-refractivity contribution in [2.24, 2.45) is 0 Å². The van der Waals surface area contributed by atoms with Gasteiger partial charge in [-0.05, 0) is 24.6 Å². The molecule has 0 unspecified atom stereocenters. The number of benzene rings is 1. The van der Waals surface area contributed by atoms with Crippen LogP contribution in [0, 0.1) is 0 Å². The molecule has 0 fully saturated rings. The van der Waals surface area contributed by atoms with E-state index in [9.17, 15) is 4.79 Å². The van der Waals surface area contributed by atoms with Crippen molar-refractivity contribution in [2.75, 3.05) is 18.2 Å². The SMILES string of the molecule is CCc1cc2c(=O)n(Cc3nc(N)nc(Nc4ccccc4OC)n3)cnc2s1. The molecule has 0 atom stereocenters. The molecule has 0 aliphatic heterocycles. The summed E-state index contributed by atoms with van der Waals surface area (Å²) in [6.07, 6.45) is 2.37. The van der Waals surface area contributed by atoms with E-state index in [1.54, 1.807) is 7.11 Å². The molecule has 0 saturated carbocycles. The number of para-hydroxylation sites is 2. The summed E-state index contributed by atoms with van der Waals surface area (Å²) in [6, 6.07) is 9.27. The molecule has 148 valence electrons. The van der Waals surface area contributed by atoms with Crippen molar-refractivity contribution in [3.05, 3.63) is 57.7 Å². The number of nitrogens with one attached hydrogen (secondary N) is 1. The van der Waals surface area contributed by atoms with Gasteiger partial charge in [-0.3, -0.25) is 9.36 Å². The molecule has 1 aromatic carbocycles. The van der Waals surface area contributed by atoms with Gasteiger partial charge < -0.3 is 15.8 Å². The second kappa shape index (κ2) is 7.84. The number of aromatic nitrogens is 5. The Bertz CT molecular complexity index is 1230. The monoisotopic (exact) mass is 409 g/mol. The van der Waals surface area contributed by atoms with E-state index in [2.05, 4.69) is 25.3 Å². The van der Waals surface area contributed by atoms with Crippen LogP contribution >= 0.6 is 11.3 Å². The van der Waals surface area contributed by atoms with Crippen LogP contribution in [0.3, 0.4) is 0 Å². The van der Waals surface area contributed by atoms with Crippen LogP contribution in [-0.2, 0) is 13.0 Å². The van der Waals surface area contributed by atoms with Gasteiger partial charge in [0.1, 0.15) is 10.6 Å². The number of methoxy groups -OCH3 is 1. The molecule has 0 bridgehead atoms. The lowest BCUT2D eigenvalue weighted by Crippen LogP contribution is -2.22. The van der Waals surface area contributed by atoms with Crippen molar-refractivity contribution < 1.29 is 4.74 Å². The maximum Gasteiger partial charge on any atom is 0.262 e. The Labute approximate surface area is 170 Å². The van der Waals surface area contributed by atoms with Crippen LogP contribution in [0.4, 0.5) is 17.6 Å². The van der Waals surface area contributed by atoms with E-state index in [0.717, 1.165) is 16.1 Å². The maximum atomic E-state index is 12.8. The maximum absolute atomic E-state index is 12.8. The summed E-state index contributed by atoms with van der Waals surface area (Å²) in [5.41, 5.74) is 6.41. The summed E-state index contributed by atoms with van der Waals surface area (Å²) in [4.78, 5) is 31.7. The Morgan fingerprint density at radius 2 is 2.07 bits per heavy atom. The lowest BCUT2D eigenvalue weighted by atomic mass is 10.3. The largest absolute Gasteiger partial charge is 0.495 e. The van der Waals surface area contributed by atoms with Crippen LogP contribution in [-0.4, -0.2) is 31.6 Å². The summed E-state index contributed by atoms with van der Waals surface area (Å²) in [7, 11) is 1.58. The molecular formula is C19H19N7O2S. The zero-order chi connectivity index (χ0) is 20.4. The number of nitrogens with zero attached hydrogens (tertiary/aromatic N) is 5. The van der Waals surface area contributed by atoms with E-state index in [4.69, 9.17) is 10.5 Å². The van der Waals surface area contributed by atoms with Crippen LogP contribution in [0.15, 0.2) is 41.5 Å². The minimum absolute atomic E-state index is 0.0540. The van der Waals surface area contributed by atoms with Gasteiger partial charge in [0.05, 0.1) is 31.1 Å². The highest BCUT2D eigenvalue weighted by molar-refractivity contribution is 7.18. The molecule has 0 saturated heterocycles. The van der Waals surface area contributed by atoms with E-state index >= 15 is 0 Å². The van der Waals surface area contributed by atoms with Gasteiger partial charge in [0.25, 0.3) is 5.56 Å². The molecule has 4 aromatic rings. The van der Waals surface area contributed by atoms with Crippen molar-refractivity contribution in [1.29, 1.82) is 0 Å². The van der Waals surface area contributed by atoms with E-state index in [1.165, 1.54) is 22.2 Å². The van der Waals surface area contributed by atoms with Crippen molar-refractivity contribution in [2.45, 2.75) is 19.9 Å². The number of hydrogen-bond acceptors (Lipinski definition) is 9. The van der Waals surface area contributed by atoms with Gasteiger partial charge in [-0.2, -0.15) is 15.0 Å². The lowest BCUT2D eigenvalue weighted by molar-refractivity contribution is 0.417. The van der Waals surface area contributed by atoms with Crippen molar-refractivity contribution in [3.8, 4) is 5.75 Å². The van der Waals surface area contributed by atoms with E-state index in [1.807, 2.05) is 37.3 Å². The molecule has 0 aliphatic rings. The fourth-order valence-electron chi connectivity index (χ4n) is 2.88. The number of hydrogen-bond donors (Lipinski definition) is 2. The molecule has 3 N–H and O–H groups in total. The first-order valence-corrected chi connectivity index (χ1v) is 9.77. The number of ether oxygens (including phenoxy) is 1. The number of thiophene rings is 1. The summed E-state index contributed by atoms with van der Waals surface area (Å²) >= 11 is 1.53. The smallest absolute Gasteiger partial charge is 0.262 e. The van der Waals surface area contributed by atoms with Gasteiger partial charge >= 0.3 is 0 Å². The number of anilines is 3. The average Bonchev–Trinajstić information content (AvgIpc) is 3.14. The summed E-state index contributed by atoms with van der Waals surface area (Å²) in [5, 5.41) is 3.68. The molecule has 10 heteroatoms. The number of aryl methyl sites for hydroxylation is 1. The highest BCUT2D eigenvalue weighted by Crippen LogP contribution is 2.25. The molecule has 0 radical (unpaired) electrons. The van der Waals surface area contributed by atoms with Crippen LogP contribution in [0.25, 0.3) is 10.2 Å². The third-order valence-electron chi connectivity index (χ3n) is 4.28. The Morgan fingerprint density at radius 3 is 2.86 bits per heavy atom. The first-order valence-electron chi connectivity index (χ1n) is 8.95. The average molecular weight is 409 g/mol. The molecular weight excluding hydrogens is 390 g/mol.